The highest BCUT2D eigenvalue weighted by molar-refractivity contribution is 5.90. The number of hydrogen-bond acceptors (Lipinski definition) is 4. The molecule has 0 aromatic heterocycles. The number of carbonyl (C=O) groups is 2. The first-order chi connectivity index (χ1) is 7.54. The van der Waals surface area contributed by atoms with Gasteiger partial charge in [-0.15, -0.1) is 0 Å². The molecule has 1 aliphatic rings. The molecular formula is C11H15NO4. The zero-order valence-corrected chi connectivity index (χ0v) is 9.46. The average molecular weight is 225 g/mol. The van der Waals surface area contributed by atoms with Gasteiger partial charge in [0.15, 0.2) is 0 Å². The predicted molar refractivity (Wildman–Crippen MR) is 56.2 cm³/mol. The van der Waals surface area contributed by atoms with Crippen LogP contribution in [0.3, 0.4) is 0 Å². The smallest absolute Gasteiger partial charge is 0.331 e. The molecule has 1 saturated carbocycles. The van der Waals surface area contributed by atoms with Gasteiger partial charge in [-0.25, -0.2) is 9.59 Å². The van der Waals surface area contributed by atoms with E-state index in [0.29, 0.717) is 18.4 Å². The van der Waals surface area contributed by atoms with Crippen molar-refractivity contribution in [2.24, 2.45) is 0 Å². The molecular weight excluding hydrogens is 210 g/mol. The monoisotopic (exact) mass is 225 g/mol. The van der Waals surface area contributed by atoms with E-state index in [1.165, 1.54) is 14.0 Å². The number of carbonyl (C=O) groups excluding carboxylic acids is 3. The number of rotatable bonds is 4. The van der Waals surface area contributed by atoms with Gasteiger partial charge in [-0.2, -0.15) is 0 Å². The molecule has 88 valence electrons. The Labute approximate surface area is 93.8 Å². The Morgan fingerprint density at radius 3 is 2.44 bits per heavy atom. The molecule has 1 rings (SSSR count). The first kappa shape index (κ1) is 12.5. The van der Waals surface area contributed by atoms with Crippen molar-refractivity contribution in [1.82, 2.24) is 5.32 Å². The summed E-state index contributed by atoms with van der Waals surface area (Å²) in [6.07, 6.45) is 2.05. The van der Waals surface area contributed by atoms with E-state index in [0.717, 1.165) is 6.42 Å². The zero-order chi connectivity index (χ0) is 12.2. The maximum Gasteiger partial charge on any atom is 0.331 e. The molecule has 0 bridgehead atoms. The second-order valence-corrected chi connectivity index (χ2v) is 4.03. The van der Waals surface area contributed by atoms with E-state index in [1.807, 2.05) is 0 Å². The number of methoxy groups -OCH3 is 1. The van der Waals surface area contributed by atoms with Crippen LogP contribution in [-0.2, 0) is 19.1 Å². The van der Waals surface area contributed by atoms with E-state index in [2.05, 4.69) is 10.1 Å². The van der Waals surface area contributed by atoms with Crippen LogP contribution >= 0.6 is 0 Å². The fraction of sp³-hybridized carbons (Fsp3) is 0.636. The van der Waals surface area contributed by atoms with Crippen molar-refractivity contribution in [3.05, 3.63) is 5.57 Å². The molecule has 0 aliphatic heterocycles. The van der Waals surface area contributed by atoms with Crippen LogP contribution in [-0.4, -0.2) is 30.5 Å². The van der Waals surface area contributed by atoms with Crippen molar-refractivity contribution in [3.8, 4) is 0 Å². The lowest BCUT2D eigenvalue weighted by Crippen LogP contribution is -2.59. The van der Waals surface area contributed by atoms with Crippen LogP contribution < -0.4 is 5.32 Å². The van der Waals surface area contributed by atoms with Gasteiger partial charge in [-0.05, 0) is 26.2 Å². The van der Waals surface area contributed by atoms with E-state index < -0.39 is 11.5 Å². The first-order valence-electron chi connectivity index (χ1n) is 5.14. The van der Waals surface area contributed by atoms with Gasteiger partial charge in [0.05, 0.1) is 13.5 Å². The van der Waals surface area contributed by atoms with Crippen LogP contribution in [0, 0.1) is 0 Å². The van der Waals surface area contributed by atoms with Crippen LogP contribution in [0.5, 0.6) is 0 Å². The summed E-state index contributed by atoms with van der Waals surface area (Å²) < 4.78 is 4.65. The molecule has 1 fully saturated rings. The van der Waals surface area contributed by atoms with Gasteiger partial charge >= 0.3 is 5.97 Å². The Morgan fingerprint density at radius 2 is 2.06 bits per heavy atom. The molecule has 0 aromatic rings. The lowest BCUT2D eigenvalue weighted by molar-refractivity contribution is -0.155. The lowest BCUT2D eigenvalue weighted by atomic mass is 9.76. The Balaban J connectivity index is 2.60. The number of nitrogens with one attached hydrogen (secondary N) is 1. The standard InChI is InChI=1S/C11H15NO4/c1-8(7-13)6-9(14)12-11(4-3-5-11)10(15)16-2/h3-6H2,1-2H3,(H,12,14). The summed E-state index contributed by atoms with van der Waals surface area (Å²) in [4.78, 5) is 33.3. The van der Waals surface area contributed by atoms with E-state index in [4.69, 9.17) is 0 Å². The fourth-order valence-electron chi connectivity index (χ4n) is 1.69. The van der Waals surface area contributed by atoms with Crippen molar-refractivity contribution in [2.45, 2.75) is 38.1 Å². The molecule has 5 heteroatoms. The minimum absolute atomic E-state index is 0.0256. The largest absolute Gasteiger partial charge is 0.467 e. The third-order valence-corrected chi connectivity index (χ3v) is 2.76. The topological polar surface area (TPSA) is 72.5 Å². The summed E-state index contributed by atoms with van der Waals surface area (Å²) in [5, 5.41) is 2.63. The molecule has 0 heterocycles. The van der Waals surface area contributed by atoms with Gasteiger partial charge in [-0.3, -0.25) is 4.79 Å². The average Bonchev–Trinajstić information content (AvgIpc) is 2.22. The van der Waals surface area contributed by atoms with E-state index in [9.17, 15) is 14.4 Å². The van der Waals surface area contributed by atoms with Gasteiger partial charge < -0.3 is 10.1 Å². The van der Waals surface area contributed by atoms with Crippen LogP contribution in [0.2, 0.25) is 0 Å². The number of amides is 1. The Morgan fingerprint density at radius 1 is 1.44 bits per heavy atom. The molecule has 0 spiro atoms. The Hall–Kier alpha value is -1.61. The second kappa shape index (κ2) is 4.94. The summed E-state index contributed by atoms with van der Waals surface area (Å²) in [6.45, 7) is 1.53. The summed E-state index contributed by atoms with van der Waals surface area (Å²) >= 11 is 0. The minimum atomic E-state index is -0.866. The SMILES string of the molecule is COC(=O)C1(NC(=O)CC(C)=C=O)CCC1. The van der Waals surface area contributed by atoms with Crippen molar-refractivity contribution in [3.63, 3.8) is 0 Å². The summed E-state index contributed by atoms with van der Waals surface area (Å²) in [7, 11) is 1.30. The normalized spacial score (nSPS) is 16.6. The number of ether oxygens (including phenoxy) is 1. The van der Waals surface area contributed by atoms with Gasteiger partial charge in [-0.1, -0.05) is 0 Å². The molecule has 1 amide bonds. The molecule has 0 radical (unpaired) electrons. The quantitative estimate of drug-likeness (QED) is 0.554. The third kappa shape index (κ3) is 2.49. The van der Waals surface area contributed by atoms with Crippen LogP contribution in [0.15, 0.2) is 5.57 Å². The van der Waals surface area contributed by atoms with Gasteiger partial charge in [0.2, 0.25) is 5.91 Å². The highest BCUT2D eigenvalue weighted by Crippen LogP contribution is 2.33. The second-order valence-electron chi connectivity index (χ2n) is 4.03. The molecule has 0 unspecified atom stereocenters. The van der Waals surface area contributed by atoms with E-state index in [1.54, 1.807) is 5.94 Å². The van der Waals surface area contributed by atoms with Crippen molar-refractivity contribution in [1.29, 1.82) is 0 Å². The maximum absolute atomic E-state index is 11.5. The lowest BCUT2D eigenvalue weighted by Gasteiger charge is -2.39. The molecule has 1 aliphatic carbocycles. The van der Waals surface area contributed by atoms with Crippen molar-refractivity contribution in [2.75, 3.05) is 7.11 Å². The minimum Gasteiger partial charge on any atom is -0.467 e. The summed E-state index contributed by atoms with van der Waals surface area (Å²) in [5.41, 5.74) is -0.550. The van der Waals surface area contributed by atoms with Crippen LogP contribution in [0.25, 0.3) is 0 Å². The highest BCUT2D eigenvalue weighted by atomic mass is 16.5. The molecule has 0 aromatic carbocycles. The van der Waals surface area contributed by atoms with Crippen LogP contribution in [0.1, 0.15) is 32.6 Å². The van der Waals surface area contributed by atoms with E-state index in [-0.39, 0.29) is 12.3 Å². The molecule has 0 saturated heterocycles. The zero-order valence-electron chi connectivity index (χ0n) is 9.46. The first-order valence-corrected chi connectivity index (χ1v) is 5.14. The fourth-order valence-corrected chi connectivity index (χ4v) is 1.69. The van der Waals surface area contributed by atoms with Crippen LogP contribution in [0.4, 0.5) is 0 Å². The van der Waals surface area contributed by atoms with Crippen molar-refractivity contribution >= 4 is 17.8 Å². The van der Waals surface area contributed by atoms with E-state index >= 15 is 0 Å². The highest BCUT2D eigenvalue weighted by Gasteiger charge is 2.46. The number of hydrogen-bond donors (Lipinski definition) is 1. The van der Waals surface area contributed by atoms with Crippen molar-refractivity contribution < 1.29 is 19.1 Å². The molecule has 16 heavy (non-hydrogen) atoms. The molecule has 5 nitrogen and oxygen atoms in total. The molecule has 1 N–H and O–H groups in total. The summed E-state index contributed by atoms with van der Waals surface area (Å²) in [5.74, 6) is 0.892. The number of esters is 1. The third-order valence-electron chi connectivity index (χ3n) is 2.76. The maximum atomic E-state index is 11.5. The van der Waals surface area contributed by atoms with Gasteiger partial charge in [0.25, 0.3) is 0 Å². The molecule has 0 atom stereocenters. The van der Waals surface area contributed by atoms with Gasteiger partial charge in [0, 0.05) is 5.57 Å². The Kier molecular flexibility index (Phi) is 3.85. The van der Waals surface area contributed by atoms with Gasteiger partial charge in [0.1, 0.15) is 11.5 Å². The predicted octanol–water partition coefficient (Wildman–Crippen LogP) is 0.366. The Bertz CT molecular complexity index is 351. The summed E-state index contributed by atoms with van der Waals surface area (Å²) in [6, 6.07) is 0.